The fraction of sp³-hybridized carbons (Fsp3) is 0.179. The Morgan fingerprint density at radius 1 is 1.03 bits per heavy atom. The molecule has 36 heavy (non-hydrogen) atoms. The number of methoxy groups -OCH3 is 1. The van der Waals surface area contributed by atoms with Crippen LogP contribution in [-0.4, -0.2) is 35.5 Å². The lowest BCUT2D eigenvalue weighted by Gasteiger charge is -2.23. The molecule has 0 aliphatic carbocycles. The van der Waals surface area contributed by atoms with Gasteiger partial charge < -0.3 is 14.6 Å². The third kappa shape index (κ3) is 4.09. The molecule has 1 unspecified atom stereocenters. The quantitative estimate of drug-likeness (QED) is 0.209. The number of nitrogens with zero attached hydrogens (tertiary/aromatic N) is 2. The van der Waals surface area contributed by atoms with E-state index in [1.165, 1.54) is 16.2 Å². The molecule has 1 amide bonds. The molecule has 1 fully saturated rings. The summed E-state index contributed by atoms with van der Waals surface area (Å²) in [5.41, 5.74) is 2.83. The van der Waals surface area contributed by atoms with Crippen LogP contribution in [0.3, 0.4) is 0 Å². The third-order valence-corrected chi connectivity index (χ3v) is 7.08. The summed E-state index contributed by atoms with van der Waals surface area (Å²) in [4.78, 5) is 32.8. The first kappa shape index (κ1) is 23.6. The van der Waals surface area contributed by atoms with Gasteiger partial charge in [-0.1, -0.05) is 53.3 Å². The van der Waals surface area contributed by atoms with Gasteiger partial charge in [-0.25, -0.2) is 4.98 Å². The largest absolute Gasteiger partial charge is 0.507 e. The van der Waals surface area contributed by atoms with Crippen molar-refractivity contribution in [2.45, 2.75) is 19.9 Å². The molecule has 3 aromatic carbocycles. The predicted molar refractivity (Wildman–Crippen MR) is 140 cm³/mol. The molecular formula is C28H24N2O5S. The standard InChI is InChI=1S/C28H24N2O5S/c1-4-35-20-13-14-21-22(15-20)36-28(29-21)30-24(17-9-11-19(34-3)12-10-17)23(26(32)27(30)33)25(31)18-7-5-16(2)6-8-18/h5-15,24,31H,4H2,1-3H3/b25-23+. The van der Waals surface area contributed by atoms with Crippen LogP contribution in [0.1, 0.15) is 29.7 Å². The average molecular weight is 501 g/mol. The van der Waals surface area contributed by atoms with E-state index in [1.54, 1.807) is 43.5 Å². The van der Waals surface area contributed by atoms with Crippen molar-refractivity contribution in [1.82, 2.24) is 4.98 Å². The molecule has 0 bridgehead atoms. The third-order valence-electron chi connectivity index (χ3n) is 6.07. The van der Waals surface area contributed by atoms with Crippen molar-refractivity contribution in [3.8, 4) is 11.5 Å². The van der Waals surface area contributed by atoms with Crippen LogP contribution in [-0.2, 0) is 9.59 Å². The number of anilines is 1. The zero-order chi connectivity index (χ0) is 25.4. The number of benzene rings is 3. The maximum Gasteiger partial charge on any atom is 0.301 e. The lowest BCUT2D eigenvalue weighted by molar-refractivity contribution is -0.132. The molecular weight excluding hydrogens is 476 g/mol. The molecule has 0 spiro atoms. The van der Waals surface area contributed by atoms with Crippen LogP contribution in [0.25, 0.3) is 16.0 Å². The van der Waals surface area contributed by atoms with Gasteiger partial charge in [-0.05, 0) is 49.7 Å². The number of carbonyl (C=O) groups is 2. The molecule has 8 heteroatoms. The van der Waals surface area contributed by atoms with Crippen LogP contribution in [0, 0.1) is 6.92 Å². The highest BCUT2D eigenvalue weighted by atomic mass is 32.1. The molecule has 182 valence electrons. The van der Waals surface area contributed by atoms with E-state index in [-0.39, 0.29) is 11.3 Å². The molecule has 0 radical (unpaired) electrons. The number of fused-ring (bicyclic) bond motifs is 1. The second-order valence-electron chi connectivity index (χ2n) is 8.37. The SMILES string of the molecule is CCOc1ccc2nc(N3C(=O)C(=O)/C(=C(/O)c4ccc(C)cc4)C3c3ccc(OC)cc3)sc2c1. The highest BCUT2D eigenvalue weighted by Gasteiger charge is 2.48. The zero-order valence-corrected chi connectivity index (χ0v) is 20.8. The van der Waals surface area contributed by atoms with Crippen molar-refractivity contribution in [3.63, 3.8) is 0 Å². The minimum atomic E-state index is -0.857. The summed E-state index contributed by atoms with van der Waals surface area (Å²) < 4.78 is 11.7. The number of Topliss-reactive ketones (excluding diaryl/α,β-unsaturated/α-hetero) is 1. The molecule has 1 aromatic heterocycles. The highest BCUT2D eigenvalue weighted by Crippen LogP contribution is 2.44. The molecule has 1 atom stereocenters. The van der Waals surface area contributed by atoms with E-state index in [4.69, 9.17) is 9.47 Å². The van der Waals surface area contributed by atoms with Gasteiger partial charge in [0.1, 0.15) is 17.3 Å². The average Bonchev–Trinajstić information content (AvgIpc) is 3.42. The highest BCUT2D eigenvalue weighted by molar-refractivity contribution is 7.22. The number of aromatic nitrogens is 1. The second kappa shape index (κ2) is 9.47. The Morgan fingerprint density at radius 2 is 1.72 bits per heavy atom. The van der Waals surface area contributed by atoms with Crippen molar-refractivity contribution in [2.24, 2.45) is 0 Å². The number of aryl methyl sites for hydroxylation is 1. The van der Waals surface area contributed by atoms with E-state index in [2.05, 4.69) is 4.98 Å². The van der Waals surface area contributed by atoms with Gasteiger partial charge in [0.2, 0.25) is 0 Å². The van der Waals surface area contributed by atoms with Crippen molar-refractivity contribution in [1.29, 1.82) is 0 Å². The minimum absolute atomic E-state index is 0.0169. The van der Waals surface area contributed by atoms with Gasteiger partial charge in [0, 0.05) is 5.56 Å². The fourth-order valence-corrected chi connectivity index (χ4v) is 5.27. The lowest BCUT2D eigenvalue weighted by Crippen LogP contribution is -2.29. The zero-order valence-electron chi connectivity index (χ0n) is 20.0. The van der Waals surface area contributed by atoms with Gasteiger partial charge in [-0.15, -0.1) is 0 Å². The number of aliphatic hydroxyl groups excluding tert-OH is 1. The van der Waals surface area contributed by atoms with Gasteiger partial charge >= 0.3 is 5.91 Å². The minimum Gasteiger partial charge on any atom is -0.507 e. The topological polar surface area (TPSA) is 89.0 Å². The van der Waals surface area contributed by atoms with Crippen LogP contribution in [0.5, 0.6) is 11.5 Å². The van der Waals surface area contributed by atoms with Crippen molar-refractivity contribution in [2.75, 3.05) is 18.6 Å². The lowest BCUT2D eigenvalue weighted by atomic mass is 9.95. The molecule has 1 aliphatic rings. The molecule has 1 aliphatic heterocycles. The Kier molecular flexibility index (Phi) is 6.20. The van der Waals surface area contributed by atoms with Crippen molar-refractivity contribution in [3.05, 3.63) is 89.0 Å². The normalized spacial score (nSPS) is 17.1. The van der Waals surface area contributed by atoms with Crippen LogP contribution in [0.2, 0.25) is 0 Å². The summed E-state index contributed by atoms with van der Waals surface area (Å²) in [6.07, 6.45) is 0. The van der Waals surface area contributed by atoms with Crippen molar-refractivity contribution < 1.29 is 24.2 Å². The second-order valence-corrected chi connectivity index (χ2v) is 9.38. The van der Waals surface area contributed by atoms with Crippen LogP contribution >= 0.6 is 11.3 Å². The number of hydrogen-bond donors (Lipinski definition) is 1. The molecule has 7 nitrogen and oxygen atoms in total. The van der Waals surface area contributed by atoms with E-state index in [1.807, 2.05) is 44.2 Å². The predicted octanol–water partition coefficient (Wildman–Crippen LogP) is 5.64. The summed E-state index contributed by atoms with van der Waals surface area (Å²) in [6, 6.07) is 18.9. The van der Waals surface area contributed by atoms with Gasteiger partial charge in [-0.3, -0.25) is 14.5 Å². The number of ether oxygens (including phenoxy) is 2. The van der Waals surface area contributed by atoms with E-state index in [0.717, 1.165) is 10.3 Å². The number of ketones is 1. The molecule has 2 heterocycles. The Balaban J connectivity index is 1.68. The first-order chi connectivity index (χ1) is 17.4. The number of thiazole rings is 1. The Bertz CT molecular complexity index is 1490. The van der Waals surface area contributed by atoms with Crippen LogP contribution < -0.4 is 14.4 Å². The van der Waals surface area contributed by atoms with Gasteiger partial charge in [0.25, 0.3) is 5.78 Å². The number of aliphatic hydroxyl groups is 1. The number of carbonyl (C=O) groups excluding carboxylic acids is 2. The van der Waals surface area contributed by atoms with Gasteiger partial charge in [0.15, 0.2) is 5.13 Å². The van der Waals surface area contributed by atoms with Crippen LogP contribution in [0.15, 0.2) is 72.3 Å². The number of hydrogen-bond acceptors (Lipinski definition) is 7. The monoisotopic (exact) mass is 500 g/mol. The summed E-state index contributed by atoms with van der Waals surface area (Å²) in [5, 5.41) is 11.6. The molecule has 4 aromatic rings. The Morgan fingerprint density at radius 3 is 2.39 bits per heavy atom. The molecule has 5 rings (SSSR count). The summed E-state index contributed by atoms with van der Waals surface area (Å²) >= 11 is 1.29. The van der Waals surface area contributed by atoms with E-state index in [9.17, 15) is 14.7 Å². The Hall–Kier alpha value is -4.17. The molecule has 1 N–H and O–H groups in total. The van der Waals surface area contributed by atoms with E-state index >= 15 is 0 Å². The van der Waals surface area contributed by atoms with Crippen LogP contribution in [0.4, 0.5) is 5.13 Å². The summed E-state index contributed by atoms with van der Waals surface area (Å²) in [5.74, 6) is -0.390. The maximum atomic E-state index is 13.4. The first-order valence-electron chi connectivity index (χ1n) is 11.5. The fourth-order valence-electron chi connectivity index (χ4n) is 4.25. The smallest absolute Gasteiger partial charge is 0.301 e. The first-order valence-corrected chi connectivity index (χ1v) is 12.3. The van der Waals surface area contributed by atoms with Gasteiger partial charge in [-0.2, -0.15) is 0 Å². The Labute approximate surface area is 212 Å². The summed E-state index contributed by atoms with van der Waals surface area (Å²) in [7, 11) is 1.57. The number of amides is 1. The molecule has 1 saturated heterocycles. The van der Waals surface area contributed by atoms with E-state index in [0.29, 0.717) is 39.9 Å². The summed E-state index contributed by atoms with van der Waals surface area (Å²) in [6.45, 7) is 4.37. The maximum absolute atomic E-state index is 13.4. The van der Waals surface area contributed by atoms with Crippen molar-refractivity contribution >= 4 is 44.1 Å². The number of rotatable bonds is 6. The molecule has 0 saturated carbocycles. The van der Waals surface area contributed by atoms with E-state index < -0.39 is 17.7 Å². The van der Waals surface area contributed by atoms with Gasteiger partial charge in [0.05, 0.1) is 35.5 Å².